The Morgan fingerprint density at radius 3 is 2.67 bits per heavy atom. The molecule has 0 heterocycles. The first kappa shape index (κ1) is 15.1. The summed E-state index contributed by atoms with van der Waals surface area (Å²) in [6, 6.07) is 10.1. The zero-order valence-corrected chi connectivity index (χ0v) is 12.2. The van der Waals surface area contributed by atoms with Crippen molar-refractivity contribution in [1.29, 1.82) is 0 Å². The lowest BCUT2D eigenvalue weighted by molar-refractivity contribution is 0.340. The molecule has 0 saturated carbocycles. The Morgan fingerprint density at radius 2 is 1.95 bits per heavy atom. The van der Waals surface area contributed by atoms with E-state index in [-0.39, 0.29) is 4.90 Å². The number of hydrogen-bond acceptors (Lipinski definition) is 4. The molecule has 3 N–H and O–H groups in total. The first-order valence-electron chi connectivity index (χ1n) is 6.23. The number of nitrogens with one attached hydrogen (secondary N) is 1. The molecular formula is C14H15FN2O3S. The third kappa shape index (κ3) is 3.43. The zero-order valence-electron chi connectivity index (χ0n) is 11.3. The van der Waals surface area contributed by atoms with Crippen LogP contribution < -0.4 is 15.2 Å². The maximum atomic E-state index is 13.4. The minimum Gasteiger partial charge on any atom is -0.494 e. The number of nitrogens with two attached hydrogens (primary N) is 1. The summed E-state index contributed by atoms with van der Waals surface area (Å²) in [5.74, 6) is -0.245. The van der Waals surface area contributed by atoms with E-state index in [0.717, 1.165) is 6.07 Å². The van der Waals surface area contributed by atoms with Gasteiger partial charge in [-0.15, -0.1) is 0 Å². The summed E-state index contributed by atoms with van der Waals surface area (Å²) < 4.78 is 45.5. The lowest BCUT2D eigenvalue weighted by atomic mass is 10.3. The van der Waals surface area contributed by atoms with Crippen LogP contribution in [-0.4, -0.2) is 15.0 Å². The molecule has 0 atom stereocenters. The number of anilines is 2. The van der Waals surface area contributed by atoms with Gasteiger partial charge < -0.3 is 10.5 Å². The number of sulfonamides is 1. The highest BCUT2D eigenvalue weighted by Crippen LogP contribution is 2.25. The second-order valence-corrected chi connectivity index (χ2v) is 5.87. The Bertz CT molecular complexity index is 748. The van der Waals surface area contributed by atoms with E-state index in [1.807, 2.05) is 6.92 Å². The average Bonchev–Trinajstić information content (AvgIpc) is 2.42. The van der Waals surface area contributed by atoms with Gasteiger partial charge in [0.15, 0.2) is 0 Å². The van der Waals surface area contributed by atoms with Crippen LogP contribution in [0.1, 0.15) is 6.92 Å². The molecule has 0 amide bonds. The predicted octanol–water partition coefficient (Wildman–Crippen LogP) is 2.61. The molecule has 0 aromatic heterocycles. The molecule has 0 bridgehead atoms. The van der Waals surface area contributed by atoms with Crippen molar-refractivity contribution >= 4 is 21.4 Å². The van der Waals surface area contributed by atoms with E-state index in [0.29, 0.717) is 18.0 Å². The molecule has 0 fully saturated rings. The summed E-state index contributed by atoms with van der Waals surface area (Å²) in [6.45, 7) is 2.29. The third-order valence-corrected chi connectivity index (χ3v) is 4.14. The van der Waals surface area contributed by atoms with Crippen LogP contribution in [0, 0.1) is 5.82 Å². The van der Waals surface area contributed by atoms with Gasteiger partial charge in [0.2, 0.25) is 0 Å². The van der Waals surface area contributed by atoms with Crippen molar-refractivity contribution in [3.63, 3.8) is 0 Å². The number of hydrogen-bond donors (Lipinski definition) is 2. The van der Waals surface area contributed by atoms with Crippen molar-refractivity contribution < 1.29 is 17.5 Å². The number of benzene rings is 2. The van der Waals surface area contributed by atoms with Gasteiger partial charge >= 0.3 is 0 Å². The highest BCUT2D eigenvalue weighted by atomic mass is 32.2. The van der Waals surface area contributed by atoms with Crippen LogP contribution >= 0.6 is 0 Å². The van der Waals surface area contributed by atoms with Gasteiger partial charge in [-0.1, -0.05) is 12.1 Å². The van der Waals surface area contributed by atoms with Crippen LogP contribution in [0.2, 0.25) is 0 Å². The van der Waals surface area contributed by atoms with Crippen molar-refractivity contribution in [3.8, 4) is 5.75 Å². The van der Waals surface area contributed by atoms with E-state index in [9.17, 15) is 12.8 Å². The minimum atomic E-state index is -3.97. The molecule has 21 heavy (non-hydrogen) atoms. The molecule has 0 aliphatic heterocycles. The monoisotopic (exact) mass is 310 g/mol. The van der Waals surface area contributed by atoms with E-state index < -0.39 is 21.5 Å². The quantitative estimate of drug-likeness (QED) is 0.832. The van der Waals surface area contributed by atoms with E-state index >= 15 is 0 Å². The molecule has 0 aliphatic rings. The van der Waals surface area contributed by atoms with E-state index in [2.05, 4.69) is 4.72 Å². The van der Waals surface area contributed by atoms with Crippen LogP contribution in [0.15, 0.2) is 47.4 Å². The first-order chi connectivity index (χ1) is 9.94. The number of halogens is 1. The highest BCUT2D eigenvalue weighted by molar-refractivity contribution is 7.92. The van der Waals surface area contributed by atoms with E-state index in [1.54, 1.807) is 18.2 Å². The molecule has 2 rings (SSSR count). The molecule has 112 valence electrons. The van der Waals surface area contributed by atoms with Gasteiger partial charge in [-0.25, -0.2) is 12.8 Å². The summed E-state index contributed by atoms with van der Waals surface area (Å²) in [5.41, 5.74) is 5.38. The van der Waals surface area contributed by atoms with E-state index in [1.165, 1.54) is 18.2 Å². The van der Waals surface area contributed by atoms with E-state index in [4.69, 9.17) is 10.5 Å². The Morgan fingerprint density at radius 1 is 1.24 bits per heavy atom. The topological polar surface area (TPSA) is 81.4 Å². The number of para-hydroxylation sites is 1. The Hall–Kier alpha value is -2.28. The van der Waals surface area contributed by atoms with Crippen LogP contribution in [0.25, 0.3) is 0 Å². The molecular weight excluding hydrogens is 295 g/mol. The molecule has 5 nitrogen and oxygen atoms in total. The van der Waals surface area contributed by atoms with Gasteiger partial charge in [0.25, 0.3) is 10.0 Å². The van der Waals surface area contributed by atoms with Gasteiger partial charge in [-0.3, -0.25) is 4.72 Å². The second-order valence-electron chi connectivity index (χ2n) is 4.22. The summed E-state index contributed by atoms with van der Waals surface area (Å²) in [4.78, 5) is -0.302. The summed E-state index contributed by atoms with van der Waals surface area (Å²) in [6.07, 6.45) is 0. The first-order valence-corrected chi connectivity index (χ1v) is 7.72. The van der Waals surface area contributed by atoms with Crippen LogP contribution in [0.4, 0.5) is 15.8 Å². The second kappa shape index (κ2) is 6.01. The molecule has 0 unspecified atom stereocenters. The van der Waals surface area contributed by atoms with Gasteiger partial charge in [0.1, 0.15) is 16.5 Å². The van der Waals surface area contributed by atoms with Gasteiger partial charge in [0, 0.05) is 6.07 Å². The van der Waals surface area contributed by atoms with Crippen LogP contribution in [-0.2, 0) is 10.0 Å². The van der Waals surface area contributed by atoms with Crippen molar-refractivity contribution in [2.75, 3.05) is 17.1 Å². The standard InChI is InChI=1S/C14H15FN2O3S/c1-2-20-11-6-3-5-10(9-11)17-21(18,19)13-8-4-7-12(15)14(13)16/h3-9,17H,2,16H2,1H3. The molecule has 0 aliphatic carbocycles. The van der Waals surface area contributed by atoms with Crippen molar-refractivity contribution in [1.82, 2.24) is 0 Å². The van der Waals surface area contributed by atoms with Gasteiger partial charge in [-0.05, 0) is 31.2 Å². The van der Waals surface area contributed by atoms with Gasteiger partial charge in [-0.2, -0.15) is 0 Å². The fourth-order valence-corrected chi connectivity index (χ4v) is 2.97. The Kier molecular flexibility index (Phi) is 4.32. The summed E-state index contributed by atoms with van der Waals surface area (Å²) in [5, 5.41) is 0. The highest BCUT2D eigenvalue weighted by Gasteiger charge is 2.19. The van der Waals surface area contributed by atoms with Crippen LogP contribution in [0.3, 0.4) is 0 Å². The Labute approximate surface area is 122 Å². The van der Waals surface area contributed by atoms with Crippen molar-refractivity contribution in [3.05, 3.63) is 48.3 Å². The molecule has 2 aromatic rings. The number of rotatable bonds is 5. The molecule has 2 aromatic carbocycles. The Balaban J connectivity index is 2.33. The molecule has 0 radical (unpaired) electrons. The lowest BCUT2D eigenvalue weighted by Crippen LogP contribution is -2.15. The number of ether oxygens (including phenoxy) is 1. The number of nitrogen functional groups attached to an aromatic ring is 1. The predicted molar refractivity (Wildman–Crippen MR) is 79.2 cm³/mol. The molecule has 0 spiro atoms. The minimum absolute atomic E-state index is 0.302. The summed E-state index contributed by atoms with van der Waals surface area (Å²) >= 11 is 0. The normalized spacial score (nSPS) is 11.1. The molecule has 0 saturated heterocycles. The van der Waals surface area contributed by atoms with Crippen molar-refractivity contribution in [2.45, 2.75) is 11.8 Å². The van der Waals surface area contributed by atoms with Crippen LogP contribution in [0.5, 0.6) is 5.75 Å². The summed E-state index contributed by atoms with van der Waals surface area (Å²) in [7, 11) is -3.97. The zero-order chi connectivity index (χ0) is 15.5. The van der Waals surface area contributed by atoms with Crippen molar-refractivity contribution in [2.24, 2.45) is 0 Å². The molecule has 7 heteroatoms. The largest absolute Gasteiger partial charge is 0.494 e. The lowest BCUT2D eigenvalue weighted by Gasteiger charge is -2.11. The maximum Gasteiger partial charge on any atom is 0.264 e. The SMILES string of the molecule is CCOc1cccc(NS(=O)(=O)c2cccc(F)c2N)c1. The average molecular weight is 310 g/mol. The fourth-order valence-electron chi connectivity index (χ4n) is 1.78. The smallest absolute Gasteiger partial charge is 0.264 e. The fraction of sp³-hybridized carbons (Fsp3) is 0.143. The maximum absolute atomic E-state index is 13.4. The third-order valence-electron chi connectivity index (χ3n) is 2.70. The van der Waals surface area contributed by atoms with Gasteiger partial charge in [0.05, 0.1) is 18.0 Å².